The van der Waals surface area contributed by atoms with Crippen LogP contribution < -0.4 is 4.90 Å². The zero-order chi connectivity index (χ0) is 11.0. The van der Waals surface area contributed by atoms with Crippen LogP contribution in [0.25, 0.3) is 0 Å². The first-order valence-corrected chi connectivity index (χ1v) is 6.00. The van der Waals surface area contributed by atoms with E-state index in [1.165, 1.54) is 0 Å². The molecule has 0 saturated heterocycles. The Balaban J connectivity index is 1.86. The van der Waals surface area contributed by atoms with Crippen LogP contribution in [0.4, 0.5) is 5.95 Å². The second-order valence-electron chi connectivity index (χ2n) is 3.56. The molecule has 6 nitrogen and oxygen atoms in total. The minimum Gasteiger partial charge on any atom is -0.331 e. The second-order valence-corrected chi connectivity index (χ2v) is 4.81. The highest BCUT2D eigenvalue weighted by atomic mass is 127. The molecule has 0 aromatic carbocycles. The van der Waals surface area contributed by atoms with Gasteiger partial charge in [-0.2, -0.15) is 0 Å². The molecule has 2 aromatic rings. The zero-order valence-electron chi connectivity index (χ0n) is 8.41. The van der Waals surface area contributed by atoms with Gasteiger partial charge in [0.15, 0.2) is 5.82 Å². The van der Waals surface area contributed by atoms with Crippen LogP contribution in [0.2, 0.25) is 0 Å². The van der Waals surface area contributed by atoms with Crippen LogP contribution in [0.3, 0.4) is 0 Å². The Kier molecular flexibility index (Phi) is 2.46. The summed E-state index contributed by atoms with van der Waals surface area (Å²) in [7, 11) is 0. The minimum atomic E-state index is 0.723. The number of halogens is 1. The molecule has 7 heteroatoms. The van der Waals surface area contributed by atoms with Crippen LogP contribution in [-0.4, -0.2) is 31.3 Å². The summed E-state index contributed by atoms with van der Waals surface area (Å²) >= 11 is 2.20. The van der Waals surface area contributed by atoms with Crippen molar-refractivity contribution in [2.75, 3.05) is 11.4 Å². The van der Waals surface area contributed by atoms with Gasteiger partial charge >= 0.3 is 0 Å². The molecule has 2 aromatic heterocycles. The Hall–Kier alpha value is -1.25. The number of hydrogen-bond acceptors (Lipinski definition) is 5. The van der Waals surface area contributed by atoms with Crippen molar-refractivity contribution in [2.45, 2.75) is 13.1 Å². The number of anilines is 1. The van der Waals surface area contributed by atoms with E-state index in [0.717, 1.165) is 35.0 Å². The molecule has 0 fully saturated rings. The molecule has 0 unspecified atom stereocenters. The van der Waals surface area contributed by atoms with Crippen molar-refractivity contribution in [1.29, 1.82) is 0 Å². The van der Waals surface area contributed by atoms with Gasteiger partial charge in [-0.25, -0.2) is 9.97 Å². The third-order valence-corrected chi connectivity index (χ3v) is 3.09. The Morgan fingerprint density at radius 2 is 2.00 bits per heavy atom. The first kappa shape index (κ1) is 9.94. The van der Waals surface area contributed by atoms with E-state index >= 15 is 0 Å². The van der Waals surface area contributed by atoms with Gasteiger partial charge in [0, 0.05) is 29.1 Å². The molecule has 0 saturated carbocycles. The molecule has 0 bridgehead atoms. The second kappa shape index (κ2) is 3.96. The number of fused-ring (bicyclic) bond motifs is 1. The van der Waals surface area contributed by atoms with Crippen molar-refractivity contribution in [3.05, 3.63) is 28.1 Å². The van der Waals surface area contributed by atoms with Crippen LogP contribution in [-0.2, 0) is 13.1 Å². The summed E-state index contributed by atoms with van der Waals surface area (Å²) in [5, 5.41) is 7.95. The van der Waals surface area contributed by atoms with Gasteiger partial charge in [0.05, 0.1) is 6.54 Å². The fourth-order valence-corrected chi connectivity index (χ4v) is 1.98. The first-order chi connectivity index (χ1) is 7.83. The van der Waals surface area contributed by atoms with Gasteiger partial charge in [-0.1, -0.05) is 0 Å². The van der Waals surface area contributed by atoms with Crippen molar-refractivity contribution in [3.8, 4) is 0 Å². The summed E-state index contributed by atoms with van der Waals surface area (Å²) in [4.78, 5) is 10.7. The Bertz CT molecular complexity index is 493. The summed E-state index contributed by atoms with van der Waals surface area (Å²) in [6.07, 6.45) is 5.41. The van der Waals surface area contributed by atoms with Crippen molar-refractivity contribution in [3.63, 3.8) is 0 Å². The van der Waals surface area contributed by atoms with Crippen LogP contribution in [0.5, 0.6) is 0 Å². The zero-order valence-corrected chi connectivity index (χ0v) is 10.6. The van der Waals surface area contributed by atoms with E-state index in [-0.39, 0.29) is 0 Å². The highest BCUT2D eigenvalue weighted by molar-refractivity contribution is 14.1. The molecule has 0 N–H and O–H groups in total. The molecule has 0 spiro atoms. The third-order valence-electron chi connectivity index (χ3n) is 2.53. The molecule has 82 valence electrons. The van der Waals surface area contributed by atoms with Crippen molar-refractivity contribution in [2.24, 2.45) is 0 Å². The lowest BCUT2D eigenvalue weighted by Gasteiger charge is -2.26. The lowest BCUT2D eigenvalue weighted by molar-refractivity contribution is 0.551. The van der Waals surface area contributed by atoms with Gasteiger partial charge in [0.2, 0.25) is 5.95 Å². The monoisotopic (exact) mass is 328 g/mol. The van der Waals surface area contributed by atoms with Gasteiger partial charge in [-0.3, -0.25) is 0 Å². The Labute approximate surface area is 106 Å². The van der Waals surface area contributed by atoms with E-state index < -0.39 is 0 Å². The SMILES string of the molecule is Ic1cnc(N2CCn3cnnc3C2)nc1. The van der Waals surface area contributed by atoms with E-state index in [1.807, 2.05) is 12.4 Å². The predicted molar refractivity (Wildman–Crippen MR) is 65.8 cm³/mol. The van der Waals surface area contributed by atoms with Crippen molar-refractivity contribution >= 4 is 28.5 Å². The van der Waals surface area contributed by atoms with Gasteiger partial charge in [0.1, 0.15) is 6.33 Å². The number of aromatic nitrogens is 5. The largest absolute Gasteiger partial charge is 0.331 e. The van der Waals surface area contributed by atoms with Gasteiger partial charge in [-0.05, 0) is 22.6 Å². The van der Waals surface area contributed by atoms with Crippen LogP contribution in [0.1, 0.15) is 5.82 Å². The average Bonchev–Trinajstić information content (AvgIpc) is 2.77. The summed E-state index contributed by atoms with van der Waals surface area (Å²) in [6, 6.07) is 0. The van der Waals surface area contributed by atoms with Crippen LogP contribution in [0, 0.1) is 3.57 Å². The van der Waals surface area contributed by atoms with E-state index in [4.69, 9.17) is 0 Å². The van der Waals surface area contributed by atoms with E-state index in [0.29, 0.717) is 0 Å². The molecule has 3 heterocycles. The predicted octanol–water partition coefficient (Wildman–Crippen LogP) is 0.693. The smallest absolute Gasteiger partial charge is 0.225 e. The summed E-state index contributed by atoms with van der Waals surface area (Å²) in [5.41, 5.74) is 0. The maximum atomic E-state index is 4.31. The summed E-state index contributed by atoms with van der Waals surface area (Å²) < 4.78 is 3.10. The van der Waals surface area contributed by atoms with Crippen LogP contribution >= 0.6 is 22.6 Å². The normalized spacial score (nSPS) is 14.9. The highest BCUT2D eigenvalue weighted by Gasteiger charge is 2.19. The standard InChI is InChI=1S/C9H9IN6/c10-7-3-11-9(12-4-7)15-1-2-16-6-13-14-8(16)5-15/h3-4,6H,1-2,5H2. The Morgan fingerprint density at radius 1 is 1.19 bits per heavy atom. The lowest BCUT2D eigenvalue weighted by atomic mass is 10.4. The van der Waals surface area contributed by atoms with Gasteiger partial charge < -0.3 is 9.47 Å². The quantitative estimate of drug-likeness (QED) is 0.721. The molecule has 0 atom stereocenters. The highest BCUT2D eigenvalue weighted by Crippen LogP contribution is 2.15. The summed E-state index contributed by atoms with van der Waals surface area (Å²) in [5.74, 6) is 1.73. The van der Waals surface area contributed by atoms with E-state index in [9.17, 15) is 0 Å². The van der Waals surface area contributed by atoms with Crippen LogP contribution in [0.15, 0.2) is 18.7 Å². The maximum Gasteiger partial charge on any atom is 0.225 e. The average molecular weight is 328 g/mol. The molecule has 1 aliphatic rings. The van der Waals surface area contributed by atoms with Crippen molar-refractivity contribution < 1.29 is 0 Å². The molecule has 1 aliphatic heterocycles. The van der Waals surface area contributed by atoms with E-state index in [2.05, 4.69) is 52.2 Å². The van der Waals surface area contributed by atoms with E-state index in [1.54, 1.807) is 6.33 Å². The molecular formula is C9H9IN6. The number of hydrogen-bond donors (Lipinski definition) is 0. The molecule has 16 heavy (non-hydrogen) atoms. The molecule has 0 radical (unpaired) electrons. The molecule has 0 aliphatic carbocycles. The number of rotatable bonds is 1. The van der Waals surface area contributed by atoms with Gasteiger partial charge in [-0.15, -0.1) is 10.2 Å². The topological polar surface area (TPSA) is 59.7 Å². The maximum absolute atomic E-state index is 4.31. The fraction of sp³-hybridized carbons (Fsp3) is 0.333. The van der Waals surface area contributed by atoms with Gasteiger partial charge in [0.25, 0.3) is 0 Å². The lowest BCUT2D eigenvalue weighted by Crippen LogP contribution is -2.34. The number of nitrogens with zero attached hydrogens (tertiary/aromatic N) is 6. The molecule has 0 amide bonds. The Morgan fingerprint density at radius 3 is 2.81 bits per heavy atom. The molecular weight excluding hydrogens is 319 g/mol. The third kappa shape index (κ3) is 1.75. The minimum absolute atomic E-state index is 0.723. The van der Waals surface area contributed by atoms with Crippen molar-refractivity contribution in [1.82, 2.24) is 24.7 Å². The first-order valence-electron chi connectivity index (χ1n) is 4.92. The summed E-state index contributed by atoms with van der Waals surface area (Å²) in [6.45, 7) is 2.50. The fourth-order valence-electron chi connectivity index (χ4n) is 1.71. The molecule has 3 rings (SSSR count).